The van der Waals surface area contributed by atoms with E-state index >= 15 is 0 Å². The Labute approximate surface area is 114 Å². The number of aliphatic hydroxyl groups is 1. The van der Waals surface area contributed by atoms with Crippen molar-refractivity contribution >= 4 is 17.3 Å². The van der Waals surface area contributed by atoms with E-state index < -0.39 is 0 Å². The molecule has 3 rings (SSSR count). The molecule has 2 aliphatic rings. The minimum atomic E-state index is 0.0732. The summed E-state index contributed by atoms with van der Waals surface area (Å²) in [6.07, 6.45) is 6.72. The number of hydrogen-bond acceptors (Lipinski definition) is 2. The second-order valence-electron chi connectivity index (χ2n) is 5.53. The molecule has 2 nitrogen and oxygen atoms in total. The highest BCUT2D eigenvalue weighted by Crippen LogP contribution is 2.40. The number of rotatable bonds is 2. The average molecular weight is 266 g/mol. The van der Waals surface area contributed by atoms with Gasteiger partial charge in [0.1, 0.15) is 0 Å². The first-order valence-corrected chi connectivity index (χ1v) is 7.33. The van der Waals surface area contributed by atoms with Crippen molar-refractivity contribution in [1.82, 2.24) is 0 Å². The SMILES string of the molecule is OCc1cc(Cl)ccc1N1CCC2CCCCC21. The molecule has 3 heteroatoms. The Hall–Kier alpha value is -0.730. The van der Waals surface area contributed by atoms with Gasteiger partial charge in [-0.05, 0) is 43.4 Å². The standard InChI is InChI=1S/C15H20ClNO/c16-13-5-6-15(12(9-13)10-18)17-8-7-11-3-1-2-4-14(11)17/h5-6,9,11,14,18H,1-4,7-8,10H2. The Morgan fingerprint density at radius 1 is 1.22 bits per heavy atom. The predicted octanol–water partition coefficient (Wildman–Crippen LogP) is 3.60. The fourth-order valence-electron chi connectivity index (χ4n) is 3.67. The lowest BCUT2D eigenvalue weighted by atomic mass is 9.85. The summed E-state index contributed by atoms with van der Waals surface area (Å²) in [5.41, 5.74) is 2.16. The Morgan fingerprint density at radius 2 is 2.06 bits per heavy atom. The third-order valence-corrected chi connectivity index (χ3v) is 4.77. The van der Waals surface area contributed by atoms with Crippen LogP contribution in [0.25, 0.3) is 0 Å². The first kappa shape index (κ1) is 12.3. The van der Waals surface area contributed by atoms with Crippen LogP contribution in [0, 0.1) is 5.92 Å². The Bertz CT molecular complexity index is 435. The molecule has 0 aromatic heterocycles. The first-order valence-electron chi connectivity index (χ1n) is 6.95. The summed E-state index contributed by atoms with van der Waals surface area (Å²) in [5.74, 6) is 0.862. The van der Waals surface area contributed by atoms with Crippen molar-refractivity contribution < 1.29 is 5.11 Å². The van der Waals surface area contributed by atoms with Gasteiger partial charge in [-0.3, -0.25) is 0 Å². The average Bonchev–Trinajstić information content (AvgIpc) is 2.82. The molecule has 2 fully saturated rings. The van der Waals surface area contributed by atoms with Gasteiger partial charge in [-0.1, -0.05) is 24.4 Å². The van der Waals surface area contributed by atoms with Gasteiger partial charge in [0.2, 0.25) is 0 Å². The fraction of sp³-hybridized carbons (Fsp3) is 0.600. The van der Waals surface area contributed by atoms with E-state index in [1.165, 1.54) is 37.8 Å². The van der Waals surface area contributed by atoms with E-state index in [2.05, 4.69) is 11.0 Å². The smallest absolute Gasteiger partial charge is 0.0702 e. The van der Waals surface area contributed by atoms with Crippen LogP contribution in [0.15, 0.2) is 18.2 Å². The zero-order valence-corrected chi connectivity index (χ0v) is 11.4. The summed E-state index contributed by atoms with van der Waals surface area (Å²) >= 11 is 6.01. The lowest BCUT2D eigenvalue weighted by Crippen LogP contribution is -2.35. The van der Waals surface area contributed by atoms with Crippen LogP contribution in [0.2, 0.25) is 5.02 Å². The highest BCUT2D eigenvalue weighted by Gasteiger charge is 2.36. The van der Waals surface area contributed by atoms with Crippen molar-refractivity contribution in [2.24, 2.45) is 5.92 Å². The van der Waals surface area contributed by atoms with Crippen molar-refractivity contribution in [3.05, 3.63) is 28.8 Å². The number of halogens is 1. The van der Waals surface area contributed by atoms with Crippen LogP contribution in [0.4, 0.5) is 5.69 Å². The molecule has 1 aromatic carbocycles. The molecule has 1 aliphatic heterocycles. The van der Waals surface area contributed by atoms with Gasteiger partial charge in [-0.15, -0.1) is 0 Å². The topological polar surface area (TPSA) is 23.5 Å². The van der Waals surface area contributed by atoms with Crippen molar-refractivity contribution in [1.29, 1.82) is 0 Å². The third kappa shape index (κ3) is 2.12. The first-order chi connectivity index (χ1) is 8.79. The molecule has 98 valence electrons. The van der Waals surface area contributed by atoms with Crippen molar-refractivity contribution in [2.75, 3.05) is 11.4 Å². The van der Waals surface area contributed by atoms with Crippen molar-refractivity contribution in [3.8, 4) is 0 Å². The number of fused-ring (bicyclic) bond motifs is 1. The van der Waals surface area contributed by atoms with Gasteiger partial charge >= 0.3 is 0 Å². The van der Waals surface area contributed by atoms with Crippen molar-refractivity contribution in [2.45, 2.75) is 44.8 Å². The van der Waals surface area contributed by atoms with E-state index in [9.17, 15) is 5.11 Å². The molecule has 1 N–H and O–H groups in total. The number of nitrogens with zero attached hydrogens (tertiary/aromatic N) is 1. The van der Waals surface area contributed by atoms with Gasteiger partial charge in [0.25, 0.3) is 0 Å². The maximum absolute atomic E-state index is 9.51. The van der Waals surface area contributed by atoms with Gasteiger partial charge in [0.05, 0.1) is 6.61 Å². The molecule has 1 aliphatic carbocycles. The summed E-state index contributed by atoms with van der Waals surface area (Å²) in [4.78, 5) is 2.51. The molecule has 1 heterocycles. The van der Waals surface area contributed by atoms with Crippen molar-refractivity contribution in [3.63, 3.8) is 0 Å². The Balaban J connectivity index is 1.90. The van der Waals surface area contributed by atoms with Crippen LogP contribution >= 0.6 is 11.6 Å². The van der Waals surface area contributed by atoms with Gasteiger partial charge < -0.3 is 10.0 Å². The maximum atomic E-state index is 9.51. The van der Waals surface area contributed by atoms with Crippen LogP contribution in [-0.2, 0) is 6.61 Å². The Kier molecular flexibility index (Phi) is 3.49. The summed E-state index contributed by atoms with van der Waals surface area (Å²) < 4.78 is 0. The number of hydrogen-bond donors (Lipinski definition) is 1. The van der Waals surface area contributed by atoms with E-state index in [0.717, 1.165) is 18.0 Å². The van der Waals surface area contributed by atoms with Gasteiger partial charge in [0.15, 0.2) is 0 Å². The maximum Gasteiger partial charge on any atom is 0.0702 e. The number of aliphatic hydroxyl groups excluding tert-OH is 1. The van der Waals surface area contributed by atoms with Crippen LogP contribution in [0.1, 0.15) is 37.7 Å². The van der Waals surface area contributed by atoms with Gasteiger partial charge in [-0.2, -0.15) is 0 Å². The zero-order valence-electron chi connectivity index (χ0n) is 10.6. The van der Waals surface area contributed by atoms with Gasteiger partial charge in [-0.25, -0.2) is 0 Å². The van der Waals surface area contributed by atoms with Crippen LogP contribution in [0.5, 0.6) is 0 Å². The second kappa shape index (κ2) is 5.10. The minimum Gasteiger partial charge on any atom is -0.392 e. The third-order valence-electron chi connectivity index (χ3n) is 4.53. The number of benzene rings is 1. The Morgan fingerprint density at radius 3 is 2.89 bits per heavy atom. The largest absolute Gasteiger partial charge is 0.392 e. The van der Waals surface area contributed by atoms with E-state index in [-0.39, 0.29) is 6.61 Å². The minimum absolute atomic E-state index is 0.0732. The highest BCUT2D eigenvalue weighted by molar-refractivity contribution is 6.30. The molecule has 0 spiro atoms. The second-order valence-corrected chi connectivity index (χ2v) is 5.96. The molecule has 0 amide bonds. The van der Waals surface area contributed by atoms with Crippen LogP contribution in [0.3, 0.4) is 0 Å². The summed E-state index contributed by atoms with van der Waals surface area (Å²) in [5, 5.41) is 10.2. The molecule has 0 radical (unpaired) electrons. The monoisotopic (exact) mass is 265 g/mol. The lowest BCUT2D eigenvalue weighted by Gasteiger charge is -2.34. The van der Waals surface area contributed by atoms with Gasteiger partial charge in [0, 0.05) is 28.9 Å². The number of anilines is 1. The molecular weight excluding hydrogens is 246 g/mol. The zero-order chi connectivity index (χ0) is 12.5. The summed E-state index contributed by atoms with van der Waals surface area (Å²) in [6, 6.07) is 6.59. The molecule has 18 heavy (non-hydrogen) atoms. The quantitative estimate of drug-likeness (QED) is 0.883. The molecule has 2 atom stereocenters. The molecule has 2 unspecified atom stereocenters. The van der Waals surface area contributed by atoms with E-state index in [1.807, 2.05) is 12.1 Å². The summed E-state index contributed by atoms with van der Waals surface area (Å²) in [7, 11) is 0. The van der Waals surface area contributed by atoms with Crippen LogP contribution < -0.4 is 4.90 Å². The normalized spacial score (nSPS) is 27.3. The molecule has 1 saturated heterocycles. The van der Waals surface area contributed by atoms with Crippen LogP contribution in [-0.4, -0.2) is 17.7 Å². The fourth-order valence-corrected chi connectivity index (χ4v) is 3.86. The van der Waals surface area contributed by atoms with E-state index in [4.69, 9.17) is 11.6 Å². The molecular formula is C15H20ClNO. The molecule has 1 saturated carbocycles. The summed E-state index contributed by atoms with van der Waals surface area (Å²) in [6.45, 7) is 1.20. The van der Waals surface area contributed by atoms with E-state index in [0.29, 0.717) is 11.1 Å². The lowest BCUT2D eigenvalue weighted by molar-refractivity contribution is 0.281. The molecule has 1 aromatic rings. The molecule has 0 bridgehead atoms. The predicted molar refractivity (Wildman–Crippen MR) is 75.1 cm³/mol. The highest BCUT2D eigenvalue weighted by atomic mass is 35.5. The van der Waals surface area contributed by atoms with E-state index in [1.54, 1.807) is 0 Å².